The van der Waals surface area contributed by atoms with Crippen LogP contribution in [0.25, 0.3) is 0 Å². The van der Waals surface area contributed by atoms with Gasteiger partial charge in [-0.05, 0) is 55.5 Å². The fraction of sp³-hybridized carbons (Fsp3) is 0.833. The van der Waals surface area contributed by atoms with E-state index in [0.29, 0.717) is 0 Å². The normalized spacial score (nSPS) is 42.9. The second kappa shape index (κ2) is 4.39. The molecule has 0 aromatic heterocycles. The lowest BCUT2D eigenvalue weighted by Crippen LogP contribution is -2.17. The van der Waals surface area contributed by atoms with Crippen molar-refractivity contribution in [1.82, 2.24) is 0 Å². The Bertz CT molecular complexity index is 218. The number of allylic oxidation sites excluding steroid dienone is 1. The molecule has 2 rings (SSSR count). The van der Waals surface area contributed by atoms with Gasteiger partial charge in [0.2, 0.25) is 0 Å². The Hall–Kier alpha value is 0.235. The van der Waals surface area contributed by atoms with Crippen molar-refractivity contribution in [2.75, 3.05) is 0 Å². The van der Waals surface area contributed by atoms with Gasteiger partial charge in [-0.15, -0.1) is 0 Å². The first-order valence-electron chi connectivity index (χ1n) is 6.08. The summed E-state index contributed by atoms with van der Waals surface area (Å²) in [6.07, 6.45) is 7.24. The summed E-state index contributed by atoms with van der Waals surface area (Å²) in [7, 11) is 3.53. The first-order valence-corrected chi connectivity index (χ1v) is 7.66. The predicted octanol–water partition coefficient (Wildman–Crippen LogP) is 2.98. The van der Waals surface area contributed by atoms with Crippen LogP contribution in [0.5, 0.6) is 0 Å². The minimum atomic E-state index is 0.887. The van der Waals surface area contributed by atoms with Crippen LogP contribution in [0, 0.1) is 17.8 Å². The summed E-state index contributed by atoms with van der Waals surface area (Å²) in [6.45, 7) is 6.71. The minimum Gasteiger partial charge on any atom is -0.161 e. The maximum absolute atomic E-state index is 4.34. The second-order valence-corrected chi connectivity index (χ2v) is 6.63. The van der Waals surface area contributed by atoms with E-state index in [0.717, 1.165) is 23.4 Å². The summed E-state index contributed by atoms with van der Waals surface area (Å²) >= 11 is 0. The van der Waals surface area contributed by atoms with E-state index in [1.807, 2.05) is 0 Å². The van der Waals surface area contributed by atoms with E-state index in [4.69, 9.17) is 0 Å². The van der Waals surface area contributed by atoms with Crippen molar-refractivity contribution in [3.05, 3.63) is 12.2 Å². The minimum absolute atomic E-state index is 0.887. The quantitative estimate of drug-likeness (QED) is 0.380. The predicted molar refractivity (Wildman–Crippen MR) is 69.0 cm³/mol. The van der Waals surface area contributed by atoms with Gasteiger partial charge in [0.15, 0.2) is 0 Å². The molecule has 14 heavy (non-hydrogen) atoms. The molecule has 3 atom stereocenters. The number of hydrogen-bond acceptors (Lipinski definition) is 0. The van der Waals surface area contributed by atoms with Crippen LogP contribution in [0.1, 0.15) is 39.0 Å². The lowest BCUT2D eigenvalue weighted by atomic mass is 9.82. The summed E-state index contributed by atoms with van der Waals surface area (Å²) in [6, 6.07) is 0. The van der Waals surface area contributed by atoms with Crippen molar-refractivity contribution in [3.8, 4) is 0 Å². The van der Waals surface area contributed by atoms with Crippen LogP contribution in [0.4, 0.5) is 0 Å². The zero-order valence-electron chi connectivity index (χ0n) is 9.55. The molecule has 0 aromatic rings. The highest BCUT2D eigenvalue weighted by Crippen LogP contribution is 2.49. The summed E-state index contributed by atoms with van der Waals surface area (Å²) in [4.78, 5) is 0. The van der Waals surface area contributed by atoms with Crippen LogP contribution in [0.3, 0.4) is 0 Å². The Kier molecular flexibility index (Phi) is 3.37. The second-order valence-electron chi connectivity index (χ2n) is 5.23. The van der Waals surface area contributed by atoms with Gasteiger partial charge >= 0.3 is 0 Å². The van der Waals surface area contributed by atoms with Crippen LogP contribution in [-0.4, -0.2) is 13.2 Å². The Morgan fingerprint density at radius 3 is 2.29 bits per heavy atom. The molecule has 0 nitrogen and oxygen atoms in total. The lowest BCUT2D eigenvalue weighted by molar-refractivity contribution is 0.397. The number of rotatable bonds is 3. The highest BCUT2D eigenvalue weighted by Gasteiger charge is 2.38. The van der Waals surface area contributed by atoms with E-state index in [1.165, 1.54) is 40.6 Å². The van der Waals surface area contributed by atoms with Crippen LogP contribution in [-0.2, 0) is 0 Å². The van der Waals surface area contributed by atoms with E-state index >= 15 is 0 Å². The molecule has 3 unspecified atom stereocenters. The molecule has 0 bridgehead atoms. The lowest BCUT2D eigenvalue weighted by Gasteiger charge is -2.29. The van der Waals surface area contributed by atoms with Gasteiger partial charge in [-0.3, -0.25) is 0 Å². The molecule has 0 N–H and O–H groups in total. The Morgan fingerprint density at radius 1 is 1.29 bits per heavy atom. The fourth-order valence-electron chi connectivity index (χ4n) is 2.89. The van der Waals surface area contributed by atoms with Crippen molar-refractivity contribution < 1.29 is 0 Å². The highest BCUT2D eigenvalue weighted by molar-refractivity contribution is 7.66. The molecule has 0 saturated heterocycles. The molecule has 0 spiro atoms. The van der Waals surface area contributed by atoms with Gasteiger partial charge in [-0.2, -0.15) is 8.46 Å². The molecule has 2 aliphatic carbocycles. The van der Waals surface area contributed by atoms with Crippen molar-refractivity contribution in [2.24, 2.45) is 17.8 Å². The van der Waals surface area contributed by atoms with Gasteiger partial charge in [0.25, 0.3) is 0 Å². The molecule has 0 radical (unpaired) electrons. The van der Waals surface area contributed by atoms with E-state index in [9.17, 15) is 0 Å². The Morgan fingerprint density at radius 2 is 1.86 bits per heavy atom. The molecule has 2 heteroatoms. The molecular weight excluding hydrogens is 186 g/mol. The molecular formula is C12H22BP. The maximum atomic E-state index is 4.34. The van der Waals surface area contributed by atoms with Gasteiger partial charge in [0.05, 0.1) is 0 Å². The van der Waals surface area contributed by atoms with Crippen LogP contribution < -0.4 is 0 Å². The average Bonchev–Trinajstić information content (AvgIpc) is 2.95. The third-order valence-corrected chi connectivity index (χ3v) is 5.64. The summed E-state index contributed by atoms with van der Waals surface area (Å²) in [5.41, 5.74) is 2.66. The monoisotopic (exact) mass is 208 g/mol. The Balaban J connectivity index is 1.80. The molecule has 0 amide bonds. The molecule has 0 aliphatic heterocycles. The van der Waals surface area contributed by atoms with Gasteiger partial charge in [0.1, 0.15) is 7.57 Å². The molecule has 2 aliphatic rings. The SMILES string of the molecule is BPC1CCC(C(=C)C2CC2C)CC1. The summed E-state index contributed by atoms with van der Waals surface area (Å²) < 4.78 is 0. The van der Waals surface area contributed by atoms with Gasteiger partial charge in [-0.25, -0.2) is 0 Å². The first kappa shape index (κ1) is 10.7. The molecule has 2 fully saturated rings. The van der Waals surface area contributed by atoms with Crippen molar-refractivity contribution in [3.63, 3.8) is 0 Å². The Labute approximate surface area is 91.1 Å². The van der Waals surface area contributed by atoms with E-state index in [2.05, 4.69) is 21.1 Å². The van der Waals surface area contributed by atoms with E-state index in [-0.39, 0.29) is 0 Å². The van der Waals surface area contributed by atoms with Crippen molar-refractivity contribution in [1.29, 1.82) is 0 Å². The van der Waals surface area contributed by atoms with E-state index < -0.39 is 0 Å². The fourth-order valence-corrected chi connectivity index (χ4v) is 3.81. The van der Waals surface area contributed by atoms with Crippen molar-refractivity contribution in [2.45, 2.75) is 44.7 Å². The zero-order valence-corrected chi connectivity index (χ0v) is 10.6. The van der Waals surface area contributed by atoms with Crippen LogP contribution in [0.15, 0.2) is 12.2 Å². The number of hydrogen-bond donors (Lipinski definition) is 0. The highest BCUT2D eigenvalue weighted by atomic mass is 31.1. The van der Waals surface area contributed by atoms with Gasteiger partial charge < -0.3 is 0 Å². The van der Waals surface area contributed by atoms with Crippen LogP contribution in [0.2, 0.25) is 0 Å². The smallest absolute Gasteiger partial charge is 0.130 e. The van der Waals surface area contributed by atoms with E-state index in [1.54, 1.807) is 5.57 Å². The molecule has 0 heterocycles. The molecule has 0 aromatic carbocycles. The van der Waals surface area contributed by atoms with Crippen LogP contribution >= 0.6 is 8.46 Å². The maximum Gasteiger partial charge on any atom is 0.130 e. The third kappa shape index (κ3) is 2.24. The standard InChI is InChI=1S/C12H22BP/c1-8-7-12(8)9(2)10-3-5-11(14-13)6-4-10/h8,10-12,14H,2-7,13H2,1H3. The van der Waals surface area contributed by atoms with Crippen molar-refractivity contribution >= 4 is 16.0 Å². The third-order valence-electron chi connectivity index (χ3n) is 4.25. The first-order chi connectivity index (χ1) is 6.72. The summed E-state index contributed by atoms with van der Waals surface area (Å²) in [5, 5.41) is 0. The average molecular weight is 208 g/mol. The molecule has 78 valence electrons. The summed E-state index contributed by atoms with van der Waals surface area (Å²) in [5.74, 6) is 2.74. The zero-order chi connectivity index (χ0) is 10.1. The van der Waals surface area contributed by atoms with Gasteiger partial charge in [0, 0.05) is 0 Å². The largest absolute Gasteiger partial charge is 0.161 e. The van der Waals surface area contributed by atoms with Gasteiger partial charge in [-0.1, -0.05) is 19.1 Å². The topological polar surface area (TPSA) is 0 Å². The molecule has 2 saturated carbocycles.